The lowest BCUT2D eigenvalue weighted by molar-refractivity contribution is -0.371. The maximum Gasteiger partial charge on any atom is 0.308 e. The molecule has 344 valence electrons. The minimum Gasteiger partial charge on any atom is -0.507 e. The van der Waals surface area contributed by atoms with Gasteiger partial charge in [0.2, 0.25) is 12.1 Å². The standard InChI is InChI=1S/C49H53NO15/c1-25-45(58)49(61,62)46(59)47(63-25)65-38-22-34-41(42(55)33(38)20-29-10-6-12-36(35(29)24-52)48(60)15-3-4-16-48)44(57)39-30(23-51)21-37(64-26(2)53)32(40(39)43(34)56)14-13-27-8-5-9-28(18-27)19-31(54)11-7-17-50/h5-6,8-10,12-14,18,21-22,24-25,31,45-47,51,54-55,58-62H,3-4,7,11,15-17,19-20,23,50H2,1-2H3/b14-13+/t25-,31+,45+,46-,47+/m0/s1. The van der Waals surface area contributed by atoms with Crippen molar-refractivity contribution in [1.29, 1.82) is 0 Å². The van der Waals surface area contributed by atoms with Crippen LogP contribution in [0.15, 0.2) is 54.6 Å². The first-order valence-corrected chi connectivity index (χ1v) is 21.5. The van der Waals surface area contributed by atoms with E-state index in [1.807, 2.05) is 12.1 Å². The summed E-state index contributed by atoms with van der Waals surface area (Å²) < 4.78 is 17.3. The zero-order valence-corrected chi connectivity index (χ0v) is 35.9. The van der Waals surface area contributed by atoms with E-state index in [1.54, 1.807) is 36.4 Å². The summed E-state index contributed by atoms with van der Waals surface area (Å²) in [7, 11) is 0. The summed E-state index contributed by atoms with van der Waals surface area (Å²) in [6.07, 6.45) is -1.27. The molecule has 5 atom stereocenters. The molecule has 7 rings (SSSR count). The van der Waals surface area contributed by atoms with Crippen LogP contribution in [0.4, 0.5) is 0 Å². The molecular weight excluding hydrogens is 843 g/mol. The Hall–Kier alpha value is -5.66. The topological polar surface area (TPSA) is 284 Å². The molecule has 1 aliphatic heterocycles. The van der Waals surface area contributed by atoms with Crippen molar-refractivity contribution in [3.63, 3.8) is 0 Å². The van der Waals surface area contributed by atoms with Gasteiger partial charge < -0.3 is 60.8 Å². The fourth-order valence-electron chi connectivity index (χ4n) is 9.14. The number of ketones is 2. The number of phenolic OH excluding ortho intramolecular Hbond substituents is 1. The summed E-state index contributed by atoms with van der Waals surface area (Å²) in [6.45, 7) is 2.04. The average Bonchev–Trinajstić information content (AvgIpc) is 3.73. The second-order valence-corrected chi connectivity index (χ2v) is 17.0. The number of esters is 1. The van der Waals surface area contributed by atoms with Crippen LogP contribution in [0.1, 0.15) is 134 Å². The van der Waals surface area contributed by atoms with E-state index in [0.717, 1.165) is 31.4 Å². The quantitative estimate of drug-likeness (QED) is 0.0240. The van der Waals surface area contributed by atoms with Crippen molar-refractivity contribution in [3.8, 4) is 17.2 Å². The van der Waals surface area contributed by atoms with Gasteiger partial charge in [-0.15, -0.1) is 0 Å². The van der Waals surface area contributed by atoms with Gasteiger partial charge in [0.25, 0.3) is 0 Å². The molecule has 4 aromatic carbocycles. The van der Waals surface area contributed by atoms with Gasteiger partial charge in [-0.25, -0.2) is 0 Å². The first-order chi connectivity index (χ1) is 30.9. The molecule has 2 fully saturated rings. The van der Waals surface area contributed by atoms with Crippen molar-refractivity contribution in [1.82, 2.24) is 0 Å². The summed E-state index contributed by atoms with van der Waals surface area (Å²) in [5.74, 6) is -7.12. The molecule has 0 unspecified atom stereocenters. The van der Waals surface area contributed by atoms with Gasteiger partial charge in [0.15, 0.2) is 24.0 Å². The number of carbonyl (C=O) groups is 4. The van der Waals surface area contributed by atoms with Crippen LogP contribution in [0.5, 0.6) is 17.2 Å². The maximum atomic E-state index is 15.0. The van der Waals surface area contributed by atoms with Gasteiger partial charge in [-0.05, 0) is 91.6 Å². The fourth-order valence-corrected chi connectivity index (χ4v) is 9.14. The number of nitrogens with two attached hydrogens (primary N) is 1. The molecular formula is C49H53NO15. The van der Waals surface area contributed by atoms with Crippen LogP contribution >= 0.6 is 0 Å². The molecule has 0 aromatic heterocycles. The van der Waals surface area contributed by atoms with Crippen LogP contribution in [-0.2, 0) is 34.6 Å². The Morgan fingerprint density at radius 1 is 0.923 bits per heavy atom. The number of phenols is 1. The van der Waals surface area contributed by atoms with Crippen molar-refractivity contribution < 1.29 is 74.2 Å². The van der Waals surface area contributed by atoms with Crippen molar-refractivity contribution in [2.24, 2.45) is 5.73 Å². The minimum atomic E-state index is -3.15. The zero-order valence-electron chi connectivity index (χ0n) is 35.9. The largest absolute Gasteiger partial charge is 0.507 e. The number of hydrogen-bond donors (Lipinski definition) is 9. The van der Waals surface area contributed by atoms with E-state index >= 15 is 4.79 Å². The second-order valence-electron chi connectivity index (χ2n) is 17.0. The molecule has 16 nitrogen and oxygen atoms in total. The Kier molecular flexibility index (Phi) is 13.9. The van der Waals surface area contributed by atoms with E-state index in [9.17, 15) is 55.2 Å². The molecule has 0 amide bonds. The number of rotatable bonds is 15. The number of benzene rings is 4. The molecule has 10 N–H and O–H groups in total. The van der Waals surface area contributed by atoms with Crippen LogP contribution < -0.4 is 15.2 Å². The number of aliphatic hydroxyl groups excluding tert-OH is 4. The SMILES string of the molecule is CC(=O)Oc1cc(CO)c2c(c1/C=C/c1cccc(C[C@H](O)CCCN)c1)C(=O)c1cc(O[C@H]3O[C@@H](C)[C@@H](O)C(O)(O)[C@H]3O)c(Cc3cccc(C4(O)CCCC4)c3C=O)c(O)c1C2=O. The summed E-state index contributed by atoms with van der Waals surface area (Å²) in [5, 5.41) is 87.8. The number of carbonyl (C=O) groups excluding carboxylic acids is 4. The van der Waals surface area contributed by atoms with E-state index in [2.05, 4.69) is 0 Å². The summed E-state index contributed by atoms with van der Waals surface area (Å²) >= 11 is 0. The maximum absolute atomic E-state index is 15.0. The highest BCUT2D eigenvalue weighted by molar-refractivity contribution is 6.31. The summed E-state index contributed by atoms with van der Waals surface area (Å²) in [6, 6.07) is 14.3. The van der Waals surface area contributed by atoms with E-state index in [1.165, 1.54) is 19.1 Å². The van der Waals surface area contributed by atoms with Crippen LogP contribution in [-0.4, -0.2) is 108 Å². The Morgan fingerprint density at radius 2 is 1.65 bits per heavy atom. The molecule has 3 aliphatic rings. The number of hydrogen-bond acceptors (Lipinski definition) is 16. The molecule has 1 saturated carbocycles. The van der Waals surface area contributed by atoms with Crippen molar-refractivity contribution in [2.45, 2.75) is 114 Å². The Balaban J connectivity index is 1.40. The Morgan fingerprint density at radius 3 is 2.32 bits per heavy atom. The lowest BCUT2D eigenvalue weighted by atomic mass is 9.77. The Bertz CT molecular complexity index is 2540. The van der Waals surface area contributed by atoms with Crippen LogP contribution in [0.25, 0.3) is 12.2 Å². The number of aromatic hydroxyl groups is 1. The van der Waals surface area contributed by atoms with Gasteiger partial charge in [0.1, 0.15) is 23.4 Å². The molecule has 1 heterocycles. The van der Waals surface area contributed by atoms with Gasteiger partial charge in [-0.1, -0.05) is 61.4 Å². The van der Waals surface area contributed by atoms with Crippen LogP contribution in [0.2, 0.25) is 0 Å². The first-order valence-electron chi connectivity index (χ1n) is 21.5. The first kappa shape index (κ1) is 47.3. The van der Waals surface area contributed by atoms with Crippen molar-refractivity contribution >= 4 is 36.0 Å². The number of ether oxygens (including phenoxy) is 3. The number of fused-ring (bicyclic) bond motifs is 2. The molecule has 1 saturated heterocycles. The minimum absolute atomic E-state index is 0.0349. The highest BCUT2D eigenvalue weighted by Crippen LogP contribution is 2.47. The van der Waals surface area contributed by atoms with Gasteiger partial charge in [0, 0.05) is 46.7 Å². The van der Waals surface area contributed by atoms with Gasteiger partial charge in [0.05, 0.1) is 30.0 Å². The van der Waals surface area contributed by atoms with E-state index in [0.29, 0.717) is 56.1 Å². The predicted octanol–water partition coefficient (Wildman–Crippen LogP) is 3.09. The smallest absolute Gasteiger partial charge is 0.308 e. The van der Waals surface area contributed by atoms with E-state index < -0.39 is 88.9 Å². The monoisotopic (exact) mass is 895 g/mol. The zero-order chi connectivity index (χ0) is 47.0. The Labute approximate surface area is 374 Å². The molecule has 4 aromatic rings. The van der Waals surface area contributed by atoms with Gasteiger partial charge in [-0.2, -0.15) is 0 Å². The van der Waals surface area contributed by atoms with E-state index in [-0.39, 0.29) is 51.1 Å². The highest BCUT2D eigenvalue weighted by Gasteiger charge is 2.54. The molecule has 65 heavy (non-hydrogen) atoms. The van der Waals surface area contributed by atoms with Crippen molar-refractivity contribution in [2.75, 3.05) is 6.54 Å². The fraction of sp³-hybridized carbons (Fsp3) is 0.388. The van der Waals surface area contributed by atoms with Crippen LogP contribution in [0.3, 0.4) is 0 Å². The van der Waals surface area contributed by atoms with Gasteiger partial charge in [-0.3, -0.25) is 19.2 Å². The van der Waals surface area contributed by atoms with Crippen molar-refractivity contribution in [3.05, 3.63) is 121 Å². The molecule has 0 spiro atoms. The predicted molar refractivity (Wildman–Crippen MR) is 233 cm³/mol. The highest BCUT2D eigenvalue weighted by atomic mass is 16.7. The average molecular weight is 896 g/mol. The van der Waals surface area contributed by atoms with Gasteiger partial charge >= 0.3 is 5.97 Å². The normalized spacial score (nSPS) is 21.5. The molecule has 2 aliphatic carbocycles. The summed E-state index contributed by atoms with van der Waals surface area (Å²) in [5.41, 5.74) is 4.52. The lowest BCUT2D eigenvalue weighted by Gasteiger charge is -2.44. The second kappa shape index (κ2) is 19.1. The number of aliphatic hydroxyl groups is 7. The lowest BCUT2D eigenvalue weighted by Crippen LogP contribution is -2.67. The third kappa shape index (κ3) is 9.14. The van der Waals surface area contributed by atoms with E-state index in [4.69, 9.17) is 19.9 Å². The van der Waals surface area contributed by atoms with Crippen LogP contribution in [0, 0.1) is 0 Å². The third-order valence-corrected chi connectivity index (χ3v) is 12.5. The molecule has 16 heteroatoms. The molecule has 0 radical (unpaired) electrons. The summed E-state index contributed by atoms with van der Waals surface area (Å²) in [4.78, 5) is 55.2. The molecule has 0 bridgehead atoms. The third-order valence-electron chi connectivity index (χ3n) is 12.5. The number of aldehydes is 1.